The number of anilines is 1. The number of β-amino-alcohol motifs (C(OH)–C–C–N with tert-alkyl or cyclic N) is 1. The van der Waals surface area contributed by atoms with Gasteiger partial charge in [-0.05, 0) is 12.8 Å². The molecular weight excluding hydrogens is 483 g/mol. The molecule has 0 saturated carbocycles. The molecule has 0 bridgehead atoms. The summed E-state index contributed by atoms with van der Waals surface area (Å²) < 4.78 is 40.0. The predicted octanol–water partition coefficient (Wildman–Crippen LogP) is 0.116. The molecule has 196 valence electrons. The highest BCUT2D eigenvalue weighted by atomic mass is 19.4. The van der Waals surface area contributed by atoms with Crippen molar-refractivity contribution in [1.82, 2.24) is 39.8 Å². The molecule has 1 saturated heterocycles. The molecule has 0 unspecified atom stereocenters. The number of rotatable bonds is 7. The minimum Gasteiger partial charge on any atom is -0.390 e. The zero-order valence-corrected chi connectivity index (χ0v) is 19.7. The van der Waals surface area contributed by atoms with Gasteiger partial charge in [0.15, 0.2) is 0 Å². The van der Waals surface area contributed by atoms with Crippen molar-refractivity contribution in [3.05, 3.63) is 29.7 Å². The van der Waals surface area contributed by atoms with Crippen LogP contribution in [0.3, 0.4) is 0 Å². The number of likely N-dealkylation sites (tertiary alicyclic amines) is 1. The van der Waals surface area contributed by atoms with Crippen molar-refractivity contribution < 1.29 is 27.9 Å². The Labute approximate surface area is 204 Å². The maximum Gasteiger partial charge on any atom is 0.451 e. The number of piperidine rings is 1. The first-order valence-electron chi connectivity index (χ1n) is 11.6. The van der Waals surface area contributed by atoms with E-state index in [2.05, 4.69) is 30.8 Å². The van der Waals surface area contributed by atoms with Gasteiger partial charge in [0.2, 0.25) is 11.7 Å². The molecule has 36 heavy (non-hydrogen) atoms. The van der Waals surface area contributed by atoms with Crippen LogP contribution >= 0.6 is 0 Å². The van der Waals surface area contributed by atoms with Crippen molar-refractivity contribution in [3.63, 3.8) is 0 Å². The van der Waals surface area contributed by atoms with Crippen molar-refractivity contribution in [2.24, 2.45) is 0 Å². The lowest BCUT2D eigenvalue weighted by Gasteiger charge is -2.31. The Bertz CT molecular complexity index is 1090. The average molecular weight is 512 g/mol. The third-order valence-corrected chi connectivity index (χ3v) is 6.25. The molecule has 4 rings (SSSR count). The van der Waals surface area contributed by atoms with Gasteiger partial charge < -0.3 is 25.2 Å². The first kappa shape index (κ1) is 25.8. The summed E-state index contributed by atoms with van der Waals surface area (Å²) in [4.78, 5) is 35.7. The van der Waals surface area contributed by atoms with Crippen molar-refractivity contribution in [2.75, 3.05) is 38.0 Å². The number of fused-ring (bicyclic) bond motifs is 1. The van der Waals surface area contributed by atoms with E-state index in [1.54, 1.807) is 16.7 Å². The van der Waals surface area contributed by atoms with Gasteiger partial charge >= 0.3 is 6.18 Å². The van der Waals surface area contributed by atoms with E-state index >= 15 is 0 Å². The quantitative estimate of drug-likeness (QED) is 0.473. The Morgan fingerprint density at radius 3 is 2.61 bits per heavy atom. The van der Waals surface area contributed by atoms with Crippen molar-refractivity contribution >= 4 is 17.6 Å². The van der Waals surface area contributed by atoms with Gasteiger partial charge in [-0.1, -0.05) is 0 Å². The van der Waals surface area contributed by atoms with E-state index in [4.69, 9.17) is 0 Å². The highest BCUT2D eigenvalue weighted by Crippen LogP contribution is 2.29. The monoisotopic (exact) mass is 511 g/mol. The summed E-state index contributed by atoms with van der Waals surface area (Å²) in [7, 11) is 0. The van der Waals surface area contributed by atoms with Crippen molar-refractivity contribution in [3.8, 4) is 0 Å². The summed E-state index contributed by atoms with van der Waals surface area (Å²) >= 11 is 0. The number of aromatic nitrogens is 5. The van der Waals surface area contributed by atoms with E-state index < -0.39 is 24.0 Å². The zero-order chi connectivity index (χ0) is 25.9. The molecule has 0 spiro atoms. The molecule has 4 heterocycles. The molecule has 0 radical (unpaired) electrons. The molecule has 2 aliphatic heterocycles. The lowest BCUT2D eigenvalue weighted by molar-refractivity contribution is -0.148. The summed E-state index contributed by atoms with van der Waals surface area (Å²) in [6.45, 7) is 3.39. The van der Waals surface area contributed by atoms with Gasteiger partial charge in [-0.15, -0.1) is 10.2 Å². The van der Waals surface area contributed by atoms with Crippen LogP contribution in [-0.4, -0.2) is 96.3 Å². The standard InChI is InChI=1S/C21H28F3N9O3/c1-13(34)32-4-2-14(3-5-32)28-17-8-16(26-12-27-17)19(36)25-9-15(35)10-31-6-7-33-18(11-31)29-30-20(33)21(22,23)24/h8,12,14-15,35H,2-7,9-11H2,1H3,(H,25,36)(H,26,27,28)/t15-/m0/s1. The van der Waals surface area contributed by atoms with Gasteiger partial charge in [-0.2, -0.15) is 13.2 Å². The third-order valence-electron chi connectivity index (χ3n) is 6.25. The van der Waals surface area contributed by atoms with E-state index in [0.717, 1.165) is 17.4 Å². The number of alkyl halides is 3. The van der Waals surface area contributed by atoms with Gasteiger partial charge in [-0.3, -0.25) is 14.5 Å². The number of halogens is 3. The fraction of sp³-hybridized carbons (Fsp3) is 0.619. The van der Waals surface area contributed by atoms with E-state index in [1.165, 1.54) is 12.4 Å². The van der Waals surface area contributed by atoms with Crippen LogP contribution in [-0.2, 0) is 24.1 Å². The molecule has 2 aromatic heterocycles. The topological polar surface area (TPSA) is 141 Å². The molecule has 1 atom stereocenters. The van der Waals surface area contributed by atoms with Gasteiger partial charge in [0, 0.05) is 58.3 Å². The third kappa shape index (κ3) is 6.26. The lowest BCUT2D eigenvalue weighted by Crippen LogP contribution is -2.43. The molecule has 12 nitrogen and oxygen atoms in total. The average Bonchev–Trinajstić information content (AvgIpc) is 3.27. The maximum atomic E-state index is 13.0. The predicted molar refractivity (Wildman–Crippen MR) is 120 cm³/mol. The fourth-order valence-electron chi connectivity index (χ4n) is 4.35. The van der Waals surface area contributed by atoms with Crippen LogP contribution < -0.4 is 10.6 Å². The second-order valence-corrected chi connectivity index (χ2v) is 8.90. The van der Waals surface area contributed by atoms with Crippen molar-refractivity contribution in [2.45, 2.75) is 51.2 Å². The second kappa shape index (κ2) is 10.7. The van der Waals surface area contributed by atoms with Crippen LogP contribution in [0, 0.1) is 0 Å². The SMILES string of the molecule is CC(=O)N1CCC(Nc2cc(C(=O)NC[C@H](O)CN3CCn4c(nnc4C(F)(F)F)C3)ncn2)CC1. The Kier molecular flexibility index (Phi) is 7.68. The summed E-state index contributed by atoms with van der Waals surface area (Å²) in [5.74, 6) is -0.787. The summed E-state index contributed by atoms with van der Waals surface area (Å²) in [6, 6.07) is 1.64. The highest BCUT2D eigenvalue weighted by Gasteiger charge is 2.39. The molecule has 2 aromatic rings. The van der Waals surface area contributed by atoms with Gasteiger partial charge in [-0.25, -0.2) is 9.97 Å². The van der Waals surface area contributed by atoms with Gasteiger partial charge in [0.1, 0.15) is 23.7 Å². The Morgan fingerprint density at radius 1 is 1.17 bits per heavy atom. The molecule has 2 aliphatic rings. The Morgan fingerprint density at radius 2 is 1.92 bits per heavy atom. The molecule has 3 N–H and O–H groups in total. The van der Waals surface area contributed by atoms with Gasteiger partial charge in [0.05, 0.1) is 12.6 Å². The number of hydrogen-bond acceptors (Lipinski definition) is 9. The van der Waals surface area contributed by atoms with E-state index in [-0.39, 0.29) is 56.2 Å². The number of hydrogen-bond donors (Lipinski definition) is 3. The molecule has 0 aromatic carbocycles. The van der Waals surface area contributed by atoms with E-state index in [1.807, 2.05) is 0 Å². The number of carbonyl (C=O) groups is 2. The summed E-state index contributed by atoms with van der Waals surface area (Å²) in [5.41, 5.74) is 0.131. The summed E-state index contributed by atoms with van der Waals surface area (Å²) in [6.07, 6.45) is -2.71. The number of aliphatic hydroxyl groups is 1. The molecule has 15 heteroatoms. The normalized spacial score (nSPS) is 18.0. The lowest BCUT2D eigenvalue weighted by atomic mass is 10.1. The fourth-order valence-corrected chi connectivity index (χ4v) is 4.35. The van der Waals surface area contributed by atoms with Crippen LogP contribution in [0.1, 0.15) is 41.9 Å². The largest absolute Gasteiger partial charge is 0.451 e. The molecule has 1 fully saturated rings. The van der Waals surface area contributed by atoms with Crippen LogP contribution in [0.15, 0.2) is 12.4 Å². The van der Waals surface area contributed by atoms with Crippen LogP contribution in [0.25, 0.3) is 0 Å². The van der Waals surface area contributed by atoms with Crippen molar-refractivity contribution in [1.29, 1.82) is 0 Å². The van der Waals surface area contributed by atoms with Crippen LogP contribution in [0.4, 0.5) is 19.0 Å². The first-order valence-corrected chi connectivity index (χ1v) is 11.6. The Hall–Kier alpha value is -3.33. The molecular formula is C21H28F3N9O3. The number of nitrogens with one attached hydrogen (secondary N) is 2. The number of aliphatic hydroxyl groups excluding tert-OH is 1. The minimum absolute atomic E-state index is 0.0517. The molecule has 0 aliphatic carbocycles. The second-order valence-electron chi connectivity index (χ2n) is 8.90. The molecule has 2 amide bonds. The van der Waals surface area contributed by atoms with Crippen LogP contribution in [0.2, 0.25) is 0 Å². The number of nitrogens with zero attached hydrogens (tertiary/aromatic N) is 7. The van der Waals surface area contributed by atoms with Gasteiger partial charge in [0.25, 0.3) is 5.91 Å². The first-order chi connectivity index (χ1) is 17.1. The Balaban J connectivity index is 1.24. The summed E-state index contributed by atoms with van der Waals surface area (Å²) in [5, 5.41) is 23.1. The van der Waals surface area contributed by atoms with E-state index in [0.29, 0.717) is 18.9 Å². The maximum absolute atomic E-state index is 13.0. The van der Waals surface area contributed by atoms with Crippen LogP contribution in [0.5, 0.6) is 0 Å². The minimum atomic E-state index is -4.57. The van der Waals surface area contributed by atoms with E-state index in [9.17, 15) is 27.9 Å². The smallest absolute Gasteiger partial charge is 0.390 e. The number of amides is 2. The number of carbonyl (C=O) groups excluding carboxylic acids is 2. The highest BCUT2D eigenvalue weighted by molar-refractivity contribution is 5.92. The zero-order valence-electron chi connectivity index (χ0n) is 19.7.